The first kappa shape index (κ1) is 13.8. The summed E-state index contributed by atoms with van der Waals surface area (Å²) in [5.74, 6) is 1.47. The summed E-state index contributed by atoms with van der Waals surface area (Å²) in [5, 5.41) is 9.26. The van der Waals surface area contributed by atoms with Crippen LogP contribution in [-0.4, -0.2) is 38.6 Å². The smallest absolute Gasteiger partial charge is 0.124 e. The minimum Gasteiger partial charge on any atom is -0.497 e. The molecule has 1 aromatic rings. The zero-order valence-electron chi connectivity index (χ0n) is 10.2. The van der Waals surface area contributed by atoms with Crippen molar-refractivity contribution in [3.8, 4) is 11.5 Å². The molecular weight excluding hydrogens is 222 g/mol. The van der Waals surface area contributed by atoms with Gasteiger partial charge in [-0.2, -0.15) is 0 Å². The Morgan fingerprint density at radius 1 is 1.29 bits per heavy atom. The standard InChI is InChI=1S/C12H19NO4/c1-15-11-3-4-12(16-2)9(5-11)7-17-8-10(14)6-13/h3-5,10,14H,6-8,13H2,1-2H3/t10-/m1/s1. The van der Waals surface area contributed by atoms with Crippen LogP contribution >= 0.6 is 0 Å². The van der Waals surface area contributed by atoms with Crippen LogP contribution in [0.15, 0.2) is 18.2 Å². The normalized spacial score (nSPS) is 12.2. The van der Waals surface area contributed by atoms with Gasteiger partial charge in [0, 0.05) is 12.1 Å². The maximum atomic E-state index is 9.26. The molecule has 96 valence electrons. The van der Waals surface area contributed by atoms with Crippen molar-refractivity contribution in [1.82, 2.24) is 0 Å². The Hall–Kier alpha value is -1.30. The maximum absolute atomic E-state index is 9.26. The molecule has 0 bridgehead atoms. The van der Waals surface area contributed by atoms with Crippen molar-refractivity contribution in [2.45, 2.75) is 12.7 Å². The SMILES string of the molecule is COc1ccc(OC)c(COC[C@H](O)CN)c1. The summed E-state index contributed by atoms with van der Waals surface area (Å²) in [6, 6.07) is 5.47. The second-order valence-corrected chi connectivity index (χ2v) is 3.58. The first-order valence-corrected chi connectivity index (χ1v) is 5.38. The lowest BCUT2D eigenvalue weighted by Gasteiger charge is -2.12. The highest BCUT2D eigenvalue weighted by Crippen LogP contribution is 2.24. The van der Waals surface area contributed by atoms with Crippen molar-refractivity contribution in [2.75, 3.05) is 27.4 Å². The molecule has 0 amide bonds. The molecule has 0 saturated carbocycles. The van der Waals surface area contributed by atoms with E-state index >= 15 is 0 Å². The van der Waals surface area contributed by atoms with Gasteiger partial charge in [-0.05, 0) is 18.2 Å². The second-order valence-electron chi connectivity index (χ2n) is 3.58. The van der Waals surface area contributed by atoms with Crippen molar-refractivity contribution in [3.63, 3.8) is 0 Å². The average Bonchev–Trinajstić information content (AvgIpc) is 2.38. The molecule has 5 nitrogen and oxygen atoms in total. The fraction of sp³-hybridized carbons (Fsp3) is 0.500. The molecule has 0 radical (unpaired) electrons. The molecule has 1 atom stereocenters. The third-order valence-electron chi connectivity index (χ3n) is 2.33. The summed E-state index contributed by atoms with van der Waals surface area (Å²) >= 11 is 0. The van der Waals surface area contributed by atoms with Gasteiger partial charge in [0.1, 0.15) is 11.5 Å². The largest absolute Gasteiger partial charge is 0.497 e. The van der Waals surface area contributed by atoms with Crippen molar-refractivity contribution < 1.29 is 19.3 Å². The zero-order chi connectivity index (χ0) is 12.7. The molecule has 3 N–H and O–H groups in total. The van der Waals surface area contributed by atoms with Gasteiger partial charge in [-0.1, -0.05) is 0 Å². The van der Waals surface area contributed by atoms with Crippen molar-refractivity contribution in [3.05, 3.63) is 23.8 Å². The van der Waals surface area contributed by atoms with Gasteiger partial charge >= 0.3 is 0 Å². The number of aliphatic hydroxyl groups excluding tert-OH is 1. The highest BCUT2D eigenvalue weighted by Gasteiger charge is 2.07. The molecule has 1 rings (SSSR count). The lowest BCUT2D eigenvalue weighted by Crippen LogP contribution is -2.25. The quantitative estimate of drug-likeness (QED) is 0.729. The lowest BCUT2D eigenvalue weighted by atomic mass is 10.2. The third-order valence-corrected chi connectivity index (χ3v) is 2.33. The van der Waals surface area contributed by atoms with Gasteiger partial charge in [-0.25, -0.2) is 0 Å². The topological polar surface area (TPSA) is 73.9 Å². The minimum atomic E-state index is -0.633. The molecule has 0 fully saturated rings. The van der Waals surface area contributed by atoms with E-state index in [0.717, 1.165) is 17.1 Å². The molecule has 0 aromatic heterocycles. The number of rotatable bonds is 7. The Balaban J connectivity index is 2.61. The molecule has 5 heteroatoms. The molecule has 0 heterocycles. The van der Waals surface area contributed by atoms with Crippen LogP contribution in [0, 0.1) is 0 Å². The Bertz CT molecular complexity index is 343. The van der Waals surface area contributed by atoms with E-state index in [2.05, 4.69) is 0 Å². The number of hydrogen-bond donors (Lipinski definition) is 2. The van der Waals surface area contributed by atoms with E-state index < -0.39 is 6.10 Å². The number of hydrogen-bond acceptors (Lipinski definition) is 5. The van der Waals surface area contributed by atoms with E-state index in [9.17, 15) is 5.11 Å². The van der Waals surface area contributed by atoms with Crippen molar-refractivity contribution in [2.24, 2.45) is 5.73 Å². The molecule has 0 saturated heterocycles. The Morgan fingerprint density at radius 2 is 2.06 bits per heavy atom. The fourth-order valence-corrected chi connectivity index (χ4v) is 1.37. The molecule has 17 heavy (non-hydrogen) atoms. The van der Waals surface area contributed by atoms with Gasteiger partial charge < -0.3 is 25.1 Å². The van der Waals surface area contributed by atoms with Gasteiger partial charge in [0.05, 0.1) is 33.5 Å². The summed E-state index contributed by atoms with van der Waals surface area (Å²) in [7, 11) is 3.20. The van der Waals surface area contributed by atoms with E-state index in [-0.39, 0.29) is 13.2 Å². The van der Waals surface area contributed by atoms with Crippen molar-refractivity contribution in [1.29, 1.82) is 0 Å². The van der Waals surface area contributed by atoms with Gasteiger partial charge in [-0.3, -0.25) is 0 Å². The van der Waals surface area contributed by atoms with E-state index in [1.807, 2.05) is 18.2 Å². The van der Waals surface area contributed by atoms with Crippen LogP contribution in [0.5, 0.6) is 11.5 Å². The summed E-state index contributed by atoms with van der Waals surface area (Å²) < 4.78 is 15.7. The number of aliphatic hydroxyl groups is 1. The van der Waals surface area contributed by atoms with Gasteiger partial charge in [-0.15, -0.1) is 0 Å². The van der Waals surface area contributed by atoms with Crippen LogP contribution in [0.2, 0.25) is 0 Å². The van der Waals surface area contributed by atoms with Crippen LogP contribution in [-0.2, 0) is 11.3 Å². The highest BCUT2D eigenvalue weighted by atomic mass is 16.5. The first-order valence-electron chi connectivity index (χ1n) is 5.38. The van der Waals surface area contributed by atoms with Crippen LogP contribution in [0.25, 0.3) is 0 Å². The van der Waals surface area contributed by atoms with Gasteiger partial charge in [0.25, 0.3) is 0 Å². The number of nitrogens with two attached hydrogens (primary N) is 1. The Labute approximate surface area is 101 Å². The van der Waals surface area contributed by atoms with E-state index in [1.54, 1.807) is 14.2 Å². The van der Waals surface area contributed by atoms with Crippen LogP contribution in [0.3, 0.4) is 0 Å². The van der Waals surface area contributed by atoms with E-state index in [1.165, 1.54) is 0 Å². The average molecular weight is 241 g/mol. The summed E-state index contributed by atoms with van der Waals surface area (Å²) in [6.07, 6.45) is -0.633. The minimum absolute atomic E-state index is 0.190. The monoisotopic (exact) mass is 241 g/mol. The Kier molecular flexibility index (Phi) is 5.76. The second kappa shape index (κ2) is 7.11. The zero-order valence-corrected chi connectivity index (χ0v) is 10.2. The summed E-state index contributed by atoms with van der Waals surface area (Å²) in [6.45, 7) is 0.740. The maximum Gasteiger partial charge on any atom is 0.124 e. The Morgan fingerprint density at radius 3 is 2.65 bits per heavy atom. The van der Waals surface area contributed by atoms with Crippen LogP contribution in [0.4, 0.5) is 0 Å². The fourth-order valence-electron chi connectivity index (χ4n) is 1.37. The number of methoxy groups -OCH3 is 2. The predicted molar refractivity (Wildman–Crippen MR) is 64.3 cm³/mol. The third kappa shape index (κ3) is 4.22. The highest BCUT2D eigenvalue weighted by molar-refractivity contribution is 5.39. The van der Waals surface area contributed by atoms with Gasteiger partial charge in [0.2, 0.25) is 0 Å². The van der Waals surface area contributed by atoms with Crippen LogP contribution < -0.4 is 15.2 Å². The molecule has 0 spiro atoms. The lowest BCUT2D eigenvalue weighted by molar-refractivity contribution is 0.0321. The molecule has 0 aliphatic rings. The van der Waals surface area contributed by atoms with Gasteiger partial charge in [0.15, 0.2) is 0 Å². The molecular formula is C12H19NO4. The molecule has 0 aliphatic carbocycles. The first-order chi connectivity index (χ1) is 8.21. The van der Waals surface area contributed by atoms with E-state index in [0.29, 0.717) is 6.61 Å². The molecule has 1 aromatic carbocycles. The molecule has 0 aliphatic heterocycles. The summed E-state index contributed by atoms with van der Waals surface area (Å²) in [5.41, 5.74) is 6.15. The van der Waals surface area contributed by atoms with E-state index in [4.69, 9.17) is 19.9 Å². The number of ether oxygens (including phenoxy) is 3. The van der Waals surface area contributed by atoms with Crippen molar-refractivity contribution >= 4 is 0 Å². The predicted octanol–water partition coefficient (Wildman–Crippen LogP) is 0.540. The van der Waals surface area contributed by atoms with Crippen LogP contribution in [0.1, 0.15) is 5.56 Å². The number of benzene rings is 1. The molecule has 0 unspecified atom stereocenters. The summed E-state index contributed by atoms with van der Waals surface area (Å²) in [4.78, 5) is 0.